The van der Waals surface area contributed by atoms with Gasteiger partial charge in [0.05, 0.1) is 18.8 Å². The maximum absolute atomic E-state index is 12.0. The van der Waals surface area contributed by atoms with Crippen molar-refractivity contribution < 1.29 is 14.6 Å². The highest BCUT2D eigenvalue weighted by molar-refractivity contribution is 5.79. The smallest absolute Gasteiger partial charge is 0.326 e. The Kier molecular flexibility index (Phi) is 7.33. The van der Waals surface area contributed by atoms with Crippen LogP contribution in [0.3, 0.4) is 0 Å². The number of carbonyl (C=O) groups is 1. The molecule has 0 bridgehead atoms. The molecule has 1 aliphatic carbocycles. The molecular formula is C30H30N4O5. The molecule has 9 heteroatoms. The average Bonchev–Trinajstić information content (AvgIpc) is 2.95. The molecule has 5 rings (SSSR count). The van der Waals surface area contributed by atoms with Crippen molar-refractivity contribution >= 4 is 23.0 Å². The number of nitrogens with zero attached hydrogens (tertiary/aromatic N) is 2. The SMILES string of the molecule is CC(C)Oc1c(NC(Cc2ccc(NN3CN(c4ccccc4)C=C4C=CC=C[C@@H]43)cc2)C(=O)O)c(=O)c1=O. The van der Waals surface area contributed by atoms with Gasteiger partial charge in [-0.05, 0) is 49.2 Å². The van der Waals surface area contributed by atoms with Crippen LogP contribution in [-0.2, 0) is 11.2 Å². The summed E-state index contributed by atoms with van der Waals surface area (Å²) in [6.07, 6.45) is 10.3. The zero-order chi connectivity index (χ0) is 27.5. The van der Waals surface area contributed by atoms with Crippen molar-refractivity contribution in [2.75, 3.05) is 22.3 Å². The summed E-state index contributed by atoms with van der Waals surface area (Å²) >= 11 is 0. The average molecular weight is 527 g/mol. The number of rotatable bonds is 10. The van der Waals surface area contributed by atoms with E-state index in [4.69, 9.17) is 4.74 Å². The fraction of sp³-hybridized carbons (Fsp3) is 0.233. The quantitative estimate of drug-likeness (QED) is 0.341. The lowest BCUT2D eigenvalue weighted by Gasteiger charge is -2.41. The Morgan fingerprint density at radius 3 is 2.49 bits per heavy atom. The second kappa shape index (κ2) is 11.0. The number of benzene rings is 2. The van der Waals surface area contributed by atoms with E-state index in [1.807, 2.05) is 54.6 Å². The van der Waals surface area contributed by atoms with Crippen LogP contribution in [0.1, 0.15) is 19.4 Å². The van der Waals surface area contributed by atoms with Gasteiger partial charge in [0.2, 0.25) is 0 Å². The van der Waals surface area contributed by atoms with Crippen LogP contribution in [0.15, 0.2) is 100 Å². The predicted octanol–water partition coefficient (Wildman–Crippen LogP) is 3.66. The highest BCUT2D eigenvalue weighted by atomic mass is 16.5. The zero-order valence-corrected chi connectivity index (χ0v) is 21.7. The summed E-state index contributed by atoms with van der Waals surface area (Å²) < 4.78 is 5.40. The number of nitrogens with one attached hydrogen (secondary N) is 2. The number of anilines is 3. The minimum absolute atomic E-state index is 0.0634. The Morgan fingerprint density at radius 1 is 1.05 bits per heavy atom. The van der Waals surface area contributed by atoms with Crippen LogP contribution in [0, 0.1) is 0 Å². The largest absolute Gasteiger partial charge is 0.485 e. The first-order valence-corrected chi connectivity index (χ1v) is 12.8. The molecule has 0 fully saturated rings. The van der Waals surface area contributed by atoms with E-state index in [0.717, 1.165) is 22.5 Å². The van der Waals surface area contributed by atoms with Gasteiger partial charge in [0.25, 0.3) is 10.9 Å². The topological polar surface area (TPSA) is 111 Å². The van der Waals surface area contributed by atoms with Crippen molar-refractivity contribution in [1.82, 2.24) is 5.01 Å². The minimum atomic E-state index is -1.13. The lowest BCUT2D eigenvalue weighted by Crippen LogP contribution is -2.49. The zero-order valence-electron chi connectivity index (χ0n) is 21.7. The third kappa shape index (κ3) is 5.63. The number of hydrazine groups is 1. The lowest BCUT2D eigenvalue weighted by atomic mass is 10.0. The monoisotopic (exact) mass is 526 g/mol. The molecule has 1 unspecified atom stereocenters. The number of hydrogen-bond donors (Lipinski definition) is 3. The van der Waals surface area contributed by atoms with Gasteiger partial charge in [-0.15, -0.1) is 0 Å². The molecule has 3 aromatic rings. The summed E-state index contributed by atoms with van der Waals surface area (Å²) in [7, 11) is 0. The van der Waals surface area contributed by atoms with E-state index in [-0.39, 0.29) is 30.0 Å². The number of para-hydroxylation sites is 1. The summed E-state index contributed by atoms with van der Waals surface area (Å²) in [6, 6.07) is 16.6. The van der Waals surface area contributed by atoms with Crippen molar-refractivity contribution in [1.29, 1.82) is 0 Å². The molecule has 0 radical (unpaired) electrons. The van der Waals surface area contributed by atoms with E-state index in [2.05, 4.69) is 51.1 Å². The molecule has 9 nitrogen and oxygen atoms in total. The Labute approximate surface area is 226 Å². The molecule has 0 saturated carbocycles. The fourth-order valence-electron chi connectivity index (χ4n) is 4.64. The Bertz CT molecular complexity index is 1500. The van der Waals surface area contributed by atoms with E-state index in [1.54, 1.807) is 13.8 Å². The summed E-state index contributed by atoms with van der Waals surface area (Å²) in [5, 5.41) is 14.6. The number of fused-ring (bicyclic) bond motifs is 1. The van der Waals surface area contributed by atoms with Gasteiger partial charge in [0.1, 0.15) is 11.7 Å². The van der Waals surface area contributed by atoms with Crippen LogP contribution in [0.5, 0.6) is 5.75 Å². The first kappa shape index (κ1) is 26.0. The maximum Gasteiger partial charge on any atom is 0.326 e. The van der Waals surface area contributed by atoms with Crippen LogP contribution >= 0.6 is 0 Å². The highest BCUT2D eigenvalue weighted by Gasteiger charge is 2.29. The summed E-state index contributed by atoms with van der Waals surface area (Å²) in [4.78, 5) is 38.0. The van der Waals surface area contributed by atoms with Crippen LogP contribution in [0.25, 0.3) is 0 Å². The van der Waals surface area contributed by atoms with Crippen LogP contribution in [-0.4, -0.2) is 40.9 Å². The molecule has 3 aromatic carbocycles. The van der Waals surface area contributed by atoms with Gasteiger partial charge in [0, 0.05) is 24.0 Å². The van der Waals surface area contributed by atoms with Gasteiger partial charge in [0.15, 0.2) is 5.75 Å². The number of allylic oxidation sites excluding steroid dienone is 2. The van der Waals surface area contributed by atoms with Crippen molar-refractivity contribution in [2.24, 2.45) is 0 Å². The molecule has 0 spiro atoms. The van der Waals surface area contributed by atoms with Crippen molar-refractivity contribution in [3.05, 3.63) is 117 Å². The molecule has 2 aliphatic rings. The summed E-state index contributed by atoms with van der Waals surface area (Å²) in [5.74, 6) is -1.24. The van der Waals surface area contributed by atoms with Crippen LogP contribution in [0.4, 0.5) is 17.1 Å². The van der Waals surface area contributed by atoms with Gasteiger partial charge in [-0.2, -0.15) is 5.01 Å². The Hall–Kier alpha value is -4.63. The van der Waals surface area contributed by atoms with Crippen LogP contribution < -0.4 is 31.2 Å². The predicted molar refractivity (Wildman–Crippen MR) is 152 cm³/mol. The number of ether oxygens (including phenoxy) is 1. The van der Waals surface area contributed by atoms with E-state index in [0.29, 0.717) is 6.67 Å². The molecule has 1 heterocycles. The normalized spacial score (nSPS) is 17.6. The van der Waals surface area contributed by atoms with E-state index < -0.39 is 22.9 Å². The van der Waals surface area contributed by atoms with Crippen molar-refractivity contribution in [3.8, 4) is 5.75 Å². The van der Waals surface area contributed by atoms with Gasteiger partial charge in [-0.25, -0.2) is 4.79 Å². The summed E-state index contributed by atoms with van der Waals surface area (Å²) in [5.41, 5.74) is 5.78. The number of hydrogen-bond acceptors (Lipinski definition) is 8. The van der Waals surface area contributed by atoms with Crippen molar-refractivity contribution in [2.45, 2.75) is 38.5 Å². The van der Waals surface area contributed by atoms with Crippen molar-refractivity contribution in [3.63, 3.8) is 0 Å². The second-order valence-corrected chi connectivity index (χ2v) is 9.81. The molecule has 39 heavy (non-hydrogen) atoms. The lowest BCUT2D eigenvalue weighted by molar-refractivity contribution is -0.137. The molecule has 2 atom stereocenters. The molecule has 0 amide bonds. The molecule has 1 aliphatic heterocycles. The molecule has 3 N–H and O–H groups in total. The van der Waals surface area contributed by atoms with Crippen LogP contribution in [0.2, 0.25) is 0 Å². The first-order valence-electron chi connectivity index (χ1n) is 12.8. The van der Waals surface area contributed by atoms with E-state index >= 15 is 0 Å². The third-order valence-corrected chi connectivity index (χ3v) is 6.57. The Morgan fingerprint density at radius 2 is 1.79 bits per heavy atom. The minimum Gasteiger partial charge on any atom is -0.485 e. The first-order chi connectivity index (χ1) is 18.8. The Balaban J connectivity index is 1.28. The van der Waals surface area contributed by atoms with Gasteiger partial charge < -0.3 is 25.5 Å². The fourth-order valence-corrected chi connectivity index (χ4v) is 4.64. The molecular weight excluding hydrogens is 496 g/mol. The van der Waals surface area contributed by atoms with Gasteiger partial charge in [-0.1, -0.05) is 54.6 Å². The van der Waals surface area contributed by atoms with E-state index in [9.17, 15) is 19.5 Å². The van der Waals surface area contributed by atoms with Gasteiger partial charge >= 0.3 is 5.97 Å². The second-order valence-electron chi connectivity index (χ2n) is 9.81. The molecule has 0 aromatic heterocycles. The molecule has 0 saturated heterocycles. The van der Waals surface area contributed by atoms with E-state index in [1.165, 1.54) is 0 Å². The highest BCUT2D eigenvalue weighted by Crippen LogP contribution is 2.28. The number of carboxylic acids is 1. The standard InChI is InChI=1S/C30H30N4O5/c1-19(2)39-29-26(27(35)28(29)36)31-24(30(37)38)16-20-12-14-22(15-13-20)32-34-18-33(23-9-4-3-5-10-23)17-21-8-6-7-11-25(21)34/h3-15,17,19,24-25,31-32H,16,18H2,1-2H3,(H,37,38)/t24?,25-/m0/s1. The maximum atomic E-state index is 12.0. The summed E-state index contributed by atoms with van der Waals surface area (Å²) in [6.45, 7) is 4.07. The number of carboxylic acid groups (broad SMARTS) is 1. The third-order valence-electron chi connectivity index (χ3n) is 6.57. The van der Waals surface area contributed by atoms with Gasteiger partial charge in [-0.3, -0.25) is 9.59 Å². The number of aliphatic carboxylic acids is 1. The molecule has 200 valence electrons.